The van der Waals surface area contributed by atoms with E-state index in [1.54, 1.807) is 24.5 Å². The SMILES string of the molecule is COc1ccc(NC(=O)C(C)OC(=O)Cc2coc3ccc4ccccc4c23)cc1OC. The van der Waals surface area contributed by atoms with Crippen molar-refractivity contribution in [2.75, 3.05) is 19.5 Å². The number of esters is 1. The van der Waals surface area contributed by atoms with Crippen LogP contribution in [-0.4, -0.2) is 32.2 Å². The highest BCUT2D eigenvalue weighted by molar-refractivity contribution is 6.08. The summed E-state index contributed by atoms with van der Waals surface area (Å²) in [6, 6.07) is 16.7. The van der Waals surface area contributed by atoms with Gasteiger partial charge in [0.2, 0.25) is 0 Å². The number of benzene rings is 3. The molecule has 0 saturated carbocycles. The Hall–Kier alpha value is -4.00. The zero-order valence-corrected chi connectivity index (χ0v) is 18.0. The van der Waals surface area contributed by atoms with E-state index < -0.39 is 18.0 Å². The minimum atomic E-state index is -0.981. The molecule has 0 spiro atoms. The van der Waals surface area contributed by atoms with E-state index in [1.807, 2.05) is 36.4 Å². The number of furan rings is 1. The van der Waals surface area contributed by atoms with E-state index in [0.29, 0.717) is 28.3 Å². The molecule has 0 aliphatic carbocycles. The average Bonchev–Trinajstić information content (AvgIpc) is 3.21. The van der Waals surface area contributed by atoms with Gasteiger partial charge < -0.3 is 23.9 Å². The second kappa shape index (κ2) is 9.01. The van der Waals surface area contributed by atoms with Gasteiger partial charge in [0.25, 0.3) is 5.91 Å². The molecule has 1 unspecified atom stereocenters. The van der Waals surface area contributed by atoms with Crippen molar-refractivity contribution < 1.29 is 28.2 Å². The predicted molar refractivity (Wildman–Crippen MR) is 121 cm³/mol. The molecular weight excluding hydrogens is 410 g/mol. The number of methoxy groups -OCH3 is 2. The minimum Gasteiger partial charge on any atom is -0.493 e. The number of nitrogens with one attached hydrogen (secondary N) is 1. The van der Waals surface area contributed by atoms with Crippen LogP contribution < -0.4 is 14.8 Å². The van der Waals surface area contributed by atoms with Crippen LogP contribution in [0.3, 0.4) is 0 Å². The van der Waals surface area contributed by atoms with Crippen LogP contribution in [0, 0.1) is 0 Å². The van der Waals surface area contributed by atoms with Crippen molar-refractivity contribution in [3.05, 3.63) is 66.4 Å². The number of anilines is 1. The highest BCUT2D eigenvalue weighted by Gasteiger charge is 2.20. The third kappa shape index (κ3) is 4.23. The molecule has 3 aromatic carbocycles. The molecule has 4 rings (SSSR count). The van der Waals surface area contributed by atoms with Crippen LogP contribution in [0.4, 0.5) is 5.69 Å². The Kier molecular flexibility index (Phi) is 5.98. The Morgan fingerprint density at radius 1 is 1.00 bits per heavy atom. The van der Waals surface area contributed by atoms with Gasteiger partial charge in [-0.1, -0.05) is 30.3 Å². The monoisotopic (exact) mass is 433 g/mol. The van der Waals surface area contributed by atoms with E-state index in [2.05, 4.69) is 5.32 Å². The molecule has 0 aliphatic heterocycles. The highest BCUT2D eigenvalue weighted by atomic mass is 16.5. The van der Waals surface area contributed by atoms with Gasteiger partial charge in [0.05, 0.1) is 26.9 Å². The molecule has 1 heterocycles. The zero-order valence-electron chi connectivity index (χ0n) is 18.0. The van der Waals surface area contributed by atoms with Crippen molar-refractivity contribution >= 4 is 39.3 Å². The first-order chi connectivity index (χ1) is 15.5. The van der Waals surface area contributed by atoms with Crippen molar-refractivity contribution in [1.29, 1.82) is 0 Å². The van der Waals surface area contributed by atoms with Gasteiger partial charge in [-0.15, -0.1) is 0 Å². The molecule has 1 amide bonds. The van der Waals surface area contributed by atoms with E-state index in [-0.39, 0.29) is 6.42 Å². The lowest BCUT2D eigenvalue weighted by molar-refractivity contribution is -0.152. The minimum absolute atomic E-state index is 0.00497. The van der Waals surface area contributed by atoms with Crippen molar-refractivity contribution in [3.8, 4) is 11.5 Å². The molecule has 7 heteroatoms. The summed E-state index contributed by atoms with van der Waals surface area (Å²) in [7, 11) is 3.04. The molecule has 0 radical (unpaired) electrons. The molecule has 0 fully saturated rings. The zero-order chi connectivity index (χ0) is 22.7. The largest absolute Gasteiger partial charge is 0.493 e. The van der Waals surface area contributed by atoms with Gasteiger partial charge >= 0.3 is 5.97 Å². The summed E-state index contributed by atoms with van der Waals surface area (Å²) in [5, 5.41) is 5.65. The van der Waals surface area contributed by atoms with Gasteiger partial charge in [0.1, 0.15) is 5.58 Å². The molecule has 1 atom stereocenters. The van der Waals surface area contributed by atoms with Gasteiger partial charge in [0, 0.05) is 22.7 Å². The number of carbonyl (C=O) groups excluding carboxylic acids is 2. The van der Waals surface area contributed by atoms with Crippen LogP contribution in [0.25, 0.3) is 21.7 Å². The highest BCUT2D eigenvalue weighted by Crippen LogP contribution is 2.31. The fourth-order valence-corrected chi connectivity index (χ4v) is 3.61. The van der Waals surface area contributed by atoms with Crippen LogP contribution in [0.1, 0.15) is 12.5 Å². The molecule has 164 valence electrons. The summed E-state index contributed by atoms with van der Waals surface area (Å²) in [5.74, 6) is 0.0579. The van der Waals surface area contributed by atoms with Crippen LogP contribution in [0.5, 0.6) is 11.5 Å². The topological polar surface area (TPSA) is 87.0 Å². The first kappa shape index (κ1) is 21.2. The lowest BCUT2D eigenvalue weighted by Crippen LogP contribution is -2.30. The lowest BCUT2D eigenvalue weighted by atomic mass is 10.0. The Morgan fingerprint density at radius 2 is 1.78 bits per heavy atom. The van der Waals surface area contributed by atoms with Crippen molar-refractivity contribution in [3.63, 3.8) is 0 Å². The second-order valence-electron chi connectivity index (χ2n) is 7.29. The van der Waals surface area contributed by atoms with E-state index in [9.17, 15) is 9.59 Å². The molecule has 0 bridgehead atoms. The van der Waals surface area contributed by atoms with Crippen LogP contribution in [0.15, 0.2) is 65.3 Å². The van der Waals surface area contributed by atoms with Gasteiger partial charge in [-0.2, -0.15) is 0 Å². The number of hydrogen-bond acceptors (Lipinski definition) is 6. The standard InChI is InChI=1S/C25H23NO6/c1-15(25(28)26-18-9-11-20(29-2)22(13-18)30-3)32-23(27)12-17-14-31-21-10-8-16-6-4-5-7-19(16)24(17)21/h4-11,13-15H,12H2,1-3H3,(H,26,28). The number of ether oxygens (including phenoxy) is 3. The molecule has 0 aliphatic rings. The van der Waals surface area contributed by atoms with Gasteiger partial charge in [-0.25, -0.2) is 0 Å². The molecule has 0 saturated heterocycles. The maximum atomic E-state index is 12.6. The van der Waals surface area contributed by atoms with E-state index in [0.717, 1.165) is 16.2 Å². The van der Waals surface area contributed by atoms with Crippen molar-refractivity contribution in [1.82, 2.24) is 0 Å². The quantitative estimate of drug-likeness (QED) is 0.425. The molecule has 1 aromatic heterocycles. The third-order valence-corrected chi connectivity index (χ3v) is 5.20. The maximum absolute atomic E-state index is 12.6. The second-order valence-corrected chi connectivity index (χ2v) is 7.29. The summed E-state index contributed by atoms with van der Waals surface area (Å²) >= 11 is 0. The summed E-state index contributed by atoms with van der Waals surface area (Å²) < 4.78 is 21.4. The first-order valence-corrected chi connectivity index (χ1v) is 10.1. The Balaban J connectivity index is 1.44. The van der Waals surface area contributed by atoms with Crippen molar-refractivity contribution in [2.24, 2.45) is 0 Å². The normalized spacial score (nSPS) is 11.8. The molecule has 7 nitrogen and oxygen atoms in total. The van der Waals surface area contributed by atoms with Crippen LogP contribution in [-0.2, 0) is 20.7 Å². The molecular formula is C25H23NO6. The van der Waals surface area contributed by atoms with E-state index in [4.69, 9.17) is 18.6 Å². The Labute approximate surface area is 184 Å². The number of amides is 1. The van der Waals surface area contributed by atoms with E-state index >= 15 is 0 Å². The summed E-state index contributed by atoms with van der Waals surface area (Å²) in [6.07, 6.45) is 0.576. The molecule has 1 N–H and O–H groups in total. The summed E-state index contributed by atoms with van der Waals surface area (Å²) in [5.41, 5.74) is 1.92. The predicted octanol–water partition coefficient (Wildman–Crippen LogP) is 4.72. The van der Waals surface area contributed by atoms with E-state index in [1.165, 1.54) is 21.1 Å². The van der Waals surface area contributed by atoms with Gasteiger partial charge in [-0.05, 0) is 35.9 Å². The number of rotatable bonds is 7. The van der Waals surface area contributed by atoms with Crippen LogP contribution in [0.2, 0.25) is 0 Å². The third-order valence-electron chi connectivity index (χ3n) is 5.20. The fraction of sp³-hybridized carbons (Fsp3) is 0.200. The number of fused-ring (bicyclic) bond motifs is 3. The first-order valence-electron chi connectivity index (χ1n) is 10.1. The molecule has 32 heavy (non-hydrogen) atoms. The van der Waals surface area contributed by atoms with Crippen LogP contribution >= 0.6 is 0 Å². The fourth-order valence-electron chi connectivity index (χ4n) is 3.61. The molecule has 4 aromatic rings. The number of carbonyl (C=O) groups is 2. The summed E-state index contributed by atoms with van der Waals surface area (Å²) in [4.78, 5) is 25.1. The van der Waals surface area contributed by atoms with Gasteiger partial charge in [-0.3, -0.25) is 9.59 Å². The van der Waals surface area contributed by atoms with Gasteiger partial charge in [0.15, 0.2) is 17.6 Å². The Bertz CT molecular complexity index is 1290. The Morgan fingerprint density at radius 3 is 2.56 bits per heavy atom. The average molecular weight is 433 g/mol. The number of hydrogen-bond donors (Lipinski definition) is 1. The summed E-state index contributed by atoms with van der Waals surface area (Å²) in [6.45, 7) is 1.52. The smallest absolute Gasteiger partial charge is 0.311 e. The lowest BCUT2D eigenvalue weighted by Gasteiger charge is -2.15. The van der Waals surface area contributed by atoms with Crippen molar-refractivity contribution in [2.45, 2.75) is 19.4 Å². The maximum Gasteiger partial charge on any atom is 0.311 e.